The summed E-state index contributed by atoms with van der Waals surface area (Å²) in [6.07, 6.45) is 0.510. The summed E-state index contributed by atoms with van der Waals surface area (Å²) in [7, 11) is 0. The van der Waals surface area contributed by atoms with E-state index in [1.54, 1.807) is 24.3 Å². The van der Waals surface area contributed by atoms with Crippen molar-refractivity contribution in [3.63, 3.8) is 0 Å². The Balaban J connectivity index is 1.47. The monoisotopic (exact) mass is 504 g/mol. The van der Waals surface area contributed by atoms with Gasteiger partial charge in [-0.3, -0.25) is 19.3 Å². The van der Waals surface area contributed by atoms with Gasteiger partial charge in [-0.05, 0) is 40.6 Å². The zero-order valence-corrected chi connectivity index (χ0v) is 19.3. The fraction of sp³-hybridized carbons (Fsp3) is 0.316. The number of carbonyl (C=O) groups is 4. The van der Waals surface area contributed by atoms with Crippen LogP contribution in [0.5, 0.6) is 0 Å². The van der Waals surface area contributed by atoms with Crippen molar-refractivity contribution >= 4 is 53.4 Å². The number of amides is 3. The molecule has 0 spiro atoms. The molecule has 2 aliphatic heterocycles. The molecule has 3 heterocycles. The highest BCUT2D eigenvalue weighted by atomic mass is 32.2. The molecule has 34 heavy (non-hydrogen) atoms. The van der Waals surface area contributed by atoms with Crippen molar-refractivity contribution in [1.82, 2.24) is 30.8 Å². The molecule has 6 N–H and O–H groups in total. The normalized spacial score (nSPS) is 21.2. The smallest absolute Gasteiger partial charge is 0.352 e. The molecule has 3 unspecified atom stereocenters. The van der Waals surface area contributed by atoms with Gasteiger partial charge in [0.1, 0.15) is 23.2 Å². The number of carboxylic acids is 1. The Labute approximate surface area is 201 Å². The topological polar surface area (TPSA) is 196 Å². The van der Waals surface area contributed by atoms with Crippen LogP contribution in [0.25, 0.3) is 0 Å². The quantitative estimate of drug-likeness (QED) is 0.171. The second-order valence-corrected chi connectivity index (χ2v) is 9.84. The first-order valence-corrected chi connectivity index (χ1v) is 11.9. The number of aliphatic carboxylic acids is 1. The fourth-order valence-corrected chi connectivity index (χ4v) is 6.10. The first-order valence-electron chi connectivity index (χ1n) is 9.99. The largest absolute Gasteiger partial charge is 0.477 e. The Morgan fingerprint density at radius 3 is 2.91 bits per heavy atom. The minimum atomic E-state index is -1.22. The molecular formula is C19H20N8O5S2. The molecule has 1 aromatic carbocycles. The summed E-state index contributed by atoms with van der Waals surface area (Å²) in [5.41, 5.74) is 7.45. The van der Waals surface area contributed by atoms with Crippen LogP contribution in [0.1, 0.15) is 18.5 Å². The van der Waals surface area contributed by atoms with Crippen molar-refractivity contribution in [2.75, 3.05) is 11.1 Å². The maximum absolute atomic E-state index is 12.9. The second-order valence-electron chi connectivity index (χ2n) is 7.41. The molecule has 3 amide bonds. The van der Waals surface area contributed by atoms with Crippen molar-refractivity contribution in [3.05, 3.63) is 41.1 Å². The molecule has 2 aromatic rings. The summed E-state index contributed by atoms with van der Waals surface area (Å²) in [6, 6.07) is 4.48. The van der Waals surface area contributed by atoms with Gasteiger partial charge in [0.05, 0.1) is 0 Å². The maximum Gasteiger partial charge on any atom is 0.352 e. The fourth-order valence-electron chi connectivity index (χ4n) is 3.68. The first kappa shape index (κ1) is 23.7. The van der Waals surface area contributed by atoms with E-state index in [9.17, 15) is 24.3 Å². The van der Waals surface area contributed by atoms with E-state index in [0.717, 1.165) is 0 Å². The van der Waals surface area contributed by atoms with Gasteiger partial charge in [-0.15, -0.1) is 16.9 Å². The Morgan fingerprint density at radius 1 is 1.44 bits per heavy atom. The minimum absolute atomic E-state index is 0.0938. The minimum Gasteiger partial charge on any atom is -0.477 e. The lowest BCUT2D eigenvalue weighted by molar-refractivity contribution is -0.150. The van der Waals surface area contributed by atoms with Crippen LogP contribution in [0.3, 0.4) is 0 Å². The number of nitrogens with one attached hydrogen (secondary N) is 3. The number of tetrazole rings is 1. The molecule has 0 radical (unpaired) electrons. The van der Waals surface area contributed by atoms with Crippen LogP contribution in [-0.4, -0.2) is 77.2 Å². The highest BCUT2D eigenvalue weighted by molar-refractivity contribution is 8.01. The number of hydrogen-bond acceptors (Lipinski definition) is 10. The molecule has 4 atom stereocenters. The van der Waals surface area contributed by atoms with E-state index in [2.05, 4.69) is 31.3 Å². The van der Waals surface area contributed by atoms with E-state index < -0.39 is 35.2 Å². The van der Waals surface area contributed by atoms with Crippen LogP contribution in [0.15, 0.2) is 40.7 Å². The molecule has 1 aromatic heterocycles. The molecule has 15 heteroatoms. The van der Waals surface area contributed by atoms with Crippen LogP contribution in [0.4, 0.5) is 5.69 Å². The predicted molar refractivity (Wildman–Crippen MR) is 122 cm³/mol. The molecule has 0 aliphatic carbocycles. The zero-order chi connectivity index (χ0) is 24.4. The van der Waals surface area contributed by atoms with Crippen molar-refractivity contribution in [2.45, 2.75) is 34.8 Å². The lowest BCUT2D eigenvalue weighted by atomic mass is 10.00. The van der Waals surface area contributed by atoms with Gasteiger partial charge in [-0.25, -0.2) is 9.89 Å². The van der Waals surface area contributed by atoms with E-state index in [4.69, 9.17) is 5.73 Å². The number of carbonyl (C=O) groups excluding carboxylic acids is 3. The molecule has 0 bridgehead atoms. The van der Waals surface area contributed by atoms with Gasteiger partial charge in [0.2, 0.25) is 17.5 Å². The Kier molecular flexibility index (Phi) is 6.85. The van der Waals surface area contributed by atoms with Crippen molar-refractivity contribution in [1.29, 1.82) is 0 Å². The third-order valence-corrected chi connectivity index (χ3v) is 7.69. The third kappa shape index (κ3) is 4.49. The van der Waals surface area contributed by atoms with Gasteiger partial charge in [0.25, 0.3) is 5.91 Å². The number of hydrogen-bond donors (Lipinski definition) is 5. The van der Waals surface area contributed by atoms with E-state index >= 15 is 0 Å². The summed E-state index contributed by atoms with van der Waals surface area (Å²) >= 11 is 2.60. The van der Waals surface area contributed by atoms with Gasteiger partial charge in [-0.2, -0.15) is 0 Å². The van der Waals surface area contributed by atoms with Gasteiger partial charge in [0.15, 0.2) is 0 Å². The lowest BCUT2D eigenvalue weighted by Gasteiger charge is -2.50. The van der Waals surface area contributed by atoms with E-state index in [1.807, 2.05) is 6.92 Å². The average molecular weight is 505 g/mol. The lowest BCUT2D eigenvalue weighted by Crippen LogP contribution is -2.71. The number of nitrogens with two attached hydrogens (primary N) is 1. The summed E-state index contributed by atoms with van der Waals surface area (Å²) < 4.78 is 0. The standard InChI is InChI=1S/C19H20N8O5S2/c1-8(34-19-23-25-26-24-19)11-6-33-17-13(16(30)27(17)14(11)18(31)32)22-15(29)12(20)9-3-2-4-10(5-9)21-7-28/h2-5,7-8,12-13,17H,6,20H2,1H3,(H,21,28)(H,22,29)(H,31,32)(H,23,24,25,26)/t8?,12?,13?,17-/m0/s1. The summed E-state index contributed by atoms with van der Waals surface area (Å²) in [5, 5.41) is 27.9. The zero-order valence-electron chi connectivity index (χ0n) is 17.7. The molecule has 2 aliphatic rings. The van der Waals surface area contributed by atoms with Crippen molar-refractivity contribution in [2.24, 2.45) is 5.73 Å². The van der Waals surface area contributed by atoms with Gasteiger partial charge in [-0.1, -0.05) is 23.9 Å². The number of anilines is 1. The molecule has 1 saturated heterocycles. The summed E-state index contributed by atoms with van der Waals surface area (Å²) in [5.74, 6) is -1.99. The molecule has 13 nitrogen and oxygen atoms in total. The third-order valence-electron chi connectivity index (χ3n) is 5.36. The van der Waals surface area contributed by atoms with Crippen LogP contribution < -0.4 is 16.4 Å². The van der Waals surface area contributed by atoms with Gasteiger partial charge < -0.3 is 21.5 Å². The Morgan fingerprint density at radius 2 is 2.24 bits per heavy atom. The molecule has 178 valence electrons. The maximum atomic E-state index is 12.9. The van der Waals surface area contributed by atoms with E-state index in [-0.39, 0.29) is 10.9 Å². The van der Waals surface area contributed by atoms with Crippen LogP contribution in [-0.2, 0) is 19.2 Å². The molecule has 4 rings (SSSR count). The van der Waals surface area contributed by atoms with E-state index in [1.165, 1.54) is 28.4 Å². The number of β-lactam (4-membered cyclic amide) rings is 1. The van der Waals surface area contributed by atoms with Crippen LogP contribution in [0.2, 0.25) is 0 Å². The van der Waals surface area contributed by atoms with Gasteiger partial charge in [0, 0.05) is 16.7 Å². The Bertz CT molecular complexity index is 1160. The van der Waals surface area contributed by atoms with Crippen molar-refractivity contribution < 1.29 is 24.3 Å². The summed E-state index contributed by atoms with van der Waals surface area (Å²) in [4.78, 5) is 49.5. The number of carboxylic acid groups (broad SMARTS) is 1. The molecule has 0 saturated carbocycles. The number of benzene rings is 1. The summed E-state index contributed by atoms with van der Waals surface area (Å²) in [6.45, 7) is 1.81. The van der Waals surface area contributed by atoms with Crippen LogP contribution >= 0.6 is 23.5 Å². The number of aromatic amines is 1. The highest BCUT2D eigenvalue weighted by Gasteiger charge is 2.54. The molecular weight excluding hydrogens is 484 g/mol. The highest BCUT2D eigenvalue weighted by Crippen LogP contribution is 2.43. The first-order chi connectivity index (χ1) is 16.3. The predicted octanol–water partition coefficient (Wildman–Crippen LogP) is -0.313. The number of thioether (sulfide) groups is 2. The molecule has 1 fully saturated rings. The van der Waals surface area contributed by atoms with E-state index in [0.29, 0.717) is 34.1 Å². The number of rotatable bonds is 9. The number of nitrogens with zero attached hydrogens (tertiary/aromatic N) is 4. The SMILES string of the molecule is CC(Sc1nnn[nH]1)C1=C(C(=O)O)N2C(=O)C(NC(=O)C(N)c3cccc(NC=O)c3)[C@@H]2SC1. The van der Waals surface area contributed by atoms with Crippen molar-refractivity contribution in [3.8, 4) is 0 Å². The average Bonchev–Trinajstić information content (AvgIpc) is 3.34. The number of fused-ring (bicyclic) bond motifs is 1. The Hall–Kier alpha value is -3.43. The number of H-pyrrole nitrogens is 1. The van der Waals surface area contributed by atoms with Crippen LogP contribution in [0, 0.1) is 0 Å². The van der Waals surface area contributed by atoms with Gasteiger partial charge >= 0.3 is 5.97 Å². The number of aromatic nitrogens is 4. The second kappa shape index (κ2) is 9.82.